The Morgan fingerprint density at radius 2 is 1.88 bits per heavy atom. The number of pyridine rings is 1. The number of aromatic nitrogens is 1. The van der Waals surface area contributed by atoms with E-state index in [-0.39, 0.29) is 34.6 Å². The first-order chi connectivity index (χ1) is 19.6. The molecule has 6 rings (SSSR count). The minimum atomic E-state index is -1.36. The number of cyclic esters (lactones) is 1. The van der Waals surface area contributed by atoms with Crippen LogP contribution in [-0.2, 0) is 22.4 Å². The number of carbonyl (C=O) groups excluding carboxylic acids is 2. The summed E-state index contributed by atoms with van der Waals surface area (Å²) in [4.78, 5) is 51.8. The van der Waals surface area contributed by atoms with Gasteiger partial charge in [-0.2, -0.15) is 0 Å². The number of amides is 2. The minimum Gasteiger partial charge on any atom is -0.477 e. The van der Waals surface area contributed by atoms with E-state index in [1.165, 1.54) is 18.0 Å². The molecule has 1 aliphatic carbocycles. The number of rotatable bonds is 6. The molecule has 10 nitrogen and oxygen atoms in total. The number of carboxylic acid groups (broad SMARTS) is 1. The van der Waals surface area contributed by atoms with Crippen LogP contribution in [0.5, 0.6) is 0 Å². The summed E-state index contributed by atoms with van der Waals surface area (Å²) >= 11 is 6.84. The molecule has 3 heterocycles. The summed E-state index contributed by atoms with van der Waals surface area (Å²) in [5, 5.41) is 12.3. The summed E-state index contributed by atoms with van der Waals surface area (Å²) in [5.74, 6) is -2.24. The molecule has 0 radical (unpaired) electrons. The molecule has 41 heavy (non-hydrogen) atoms. The number of carboxylic acids is 1. The van der Waals surface area contributed by atoms with Gasteiger partial charge in [0.2, 0.25) is 11.3 Å². The first kappa shape index (κ1) is 27.1. The van der Waals surface area contributed by atoms with E-state index in [2.05, 4.69) is 5.32 Å². The number of hydrogen-bond acceptors (Lipinski definition) is 6. The standard InChI is InChI=1S/C29H28ClFN4O6/c1-15(36)32-12-20-13-35(29(40)41-20)19-3-2-16-6-8-33(9-7-17(16)10-19)26-23(31)11-21-25(24(26)30)34(18-4-5-18)14-22(27(21)37)28(38)39/h2-3,10-11,14,18,20H,4-9,12-13H2,1H3,(H,32,36)(H,38,39)/t20-/m0/s1. The lowest BCUT2D eigenvalue weighted by Crippen LogP contribution is -2.33. The highest BCUT2D eigenvalue weighted by Gasteiger charge is 2.34. The monoisotopic (exact) mass is 582 g/mol. The predicted octanol–water partition coefficient (Wildman–Crippen LogP) is 3.89. The van der Waals surface area contributed by atoms with Crippen molar-refractivity contribution in [2.45, 2.75) is 44.8 Å². The van der Waals surface area contributed by atoms with E-state index >= 15 is 4.39 Å². The highest BCUT2D eigenvalue weighted by atomic mass is 35.5. The molecular weight excluding hydrogens is 555 g/mol. The maximum atomic E-state index is 15.6. The predicted molar refractivity (Wildman–Crippen MR) is 151 cm³/mol. The van der Waals surface area contributed by atoms with Crippen molar-refractivity contribution in [1.82, 2.24) is 9.88 Å². The van der Waals surface area contributed by atoms with Crippen LogP contribution in [0.4, 0.5) is 20.6 Å². The molecule has 2 amide bonds. The maximum absolute atomic E-state index is 15.6. The third-order valence-corrected chi connectivity index (χ3v) is 8.29. The fourth-order valence-corrected chi connectivity index (χ4v) is 6.12. The van der Waals surface area contributed by atoms with Gasteiger partial charge in [0.05, 0.1) is 34.7 Å². The summed E-state index contributed by atoms with van der Waals surface area (Å²) in [5.41, 5.74) is 2.15. The molecule has 1 atom stereocenters. The van der Waals surface area contributed by atoms with Crippen molar-refractivity contribution in [3.8, 4) is 0 Å². The molecule has 0 spiro atoms. The maximum Gasteiger partial charge on any atom is 0.414 e. The van der Waals surface area contributed by atoms with Crippen LogP contribution in [-0.4, -0.2) is 59.9 Å². The highest BCUT2D eigenvalue weighted by molar-refractivity contribution is 6.38. The van der Waals surface area contributed by atoms with Crippen molar-refractivity contribution in [2.24, 2.45) is 0 Å². The number of anilines is 2. The van der Waals surface area contributed by atoms with Crippen LogP contribution >= 0.6 is 11.6 Å². The molecule has 1 aromatic heterocycles. The van der Waals surface area contributed by atoms with Crippen molar-refractivity contribution >= 4 is 51.8 Å². The van der Waals surface area contributed by atoms with Gasteiger partial charge in [-0.15, -0.1) is 0 Å². The zero-order chi connectivity index (χ0) is 29.0. The van der Waals surface area contributed by atoms with E-state index < -0.39 is 35.0 Å². The number of nitrogens with one attached hydrogen (secondary N) is 1. The molecule has 2 fully saturated rings. The fourth-order valence-electron chi connectivity index (χ4n) is 5.71. The molecule has 3 aliphatic rings. The van der Waals surface area contributed by atoms with E-state index in [0.717, 1.165) is 30.0 Å². The molecule has 1 saturated heterocycles. The van der Waals surface area contributed by atoms with Gasteiger partial charge < -0.3 is 24.6 Å². The summed E-state index contributed by atoms with van der Waals surface area (Å²) in [7, 11) is 0. The molecule has 3 aromatic rings. The van der Waals surface area contributed by atoms with Gasteiger partial charge in [0, 0.05) is 37.9 Å². The van der Waals surface area contributed by atoms with Crippen LogP contribution in [0.3, 0.4) is 0 Å². The molecule has 214 valence electrons. The third kappa shape index (κ3) is 4.99. The Hall–Kier alpha value is -4.12. The van der Waals surface area contributed by atoms with Crippen molar-refractivity contribution in [1.29, 1.82) is 0 Å². The number of fused-ring (bicyclic) bond motifs is 2. The first-order valence-corrected chi connectivity index (χ1v) is 13.9. The van der Waals surface area contributed by atoms with Crippen LogP contribution in [0.15, 0.2) is 35.3 Å². The molecule has 0 unspecified atom stereocenters. The molecule has 0 bridgehead atoms. The van der Waals surface area contributed by atoms with Gasteiger partial charge in [0.25, 0.3) is 0 Å². The van der Waals surface area contributed by atoms with Gasteiger partial charge in [-0.3, -0.25) is 14.5 Å². The van der Waals surface area contributed by atoms with Gasteiger partial charge in [-0.1, -0.05) is 17.7 Å². The quantitative estimate of drug-likeness (QED) is 0.452. The summed E-state index contributed by atoms with van der Waals surface area (Å²) < 4.78 is 22.7. The number of halogens is 2. The van der Waals surface area contributed by atoms with E-state index in [1.807, 2.05) is 23.1 Å². The Morgan fingerprint density at radius 3 is 2.56 bits per heavy atom. The average molecular weight is 583 g/mol. The Morgan fingerprint density at radius 1 is 1.15 bits per heavy atom. The smallest absolute Gasteiger partial charge is 0.414 e. The van der Waals surface area contributed by atoms with E-state index in [1.54, 1.807) is 4.57 Å². The van der Waals surface area contributed by atoms with Gasteiger partial charge in [0.1, 0.15) is 17.5 Å². The second-order valence-electron chi connectivity index (χ2n) is 10.7. The number of benzene rings is 2. The van der Waals surface area contributed by atoms with Gasteiger partial charge >= 0.3 is 12.1 Å². The Labute approximate surface area is 239 Å². The molecule has 2 aliphatic heterocycles. The number of carbonyl (C=O) groups is 3. The Balaban J connectivity index is 1.29. The van der Waals surface area contributed by atoms with Crippen LogP contribution in [0.1, 0.15) is 47.3 Å². The molecule has 12 heteroatoms. The first-order valence-electron chi connectivity index (χ1n) is 13.5. The summed E-state index contributed by atoms with van der Waals surface area (Å²) in [6.45, 7) is 2.87. The number of nitrogens with zero attached hydrogens (tertiary/aromatic N) is 3. The third-order valence-electron chi connectivity index (χ3n) is 7.93. The van der Waals surface area contributed by atoms with Crippen molar-refractivity contribution in [3.05, 3.63) is 68.2 Å². The minimum absolute atomic E-state index is 0.00828. The van der Waals surface area contributed by atoms with Gasteiger partial charge in [-0.25, -0.2) is 14.0 Å². The SMILES string of the molecule is CC(=O)NC[C@H]1CN(c2ccc3c(c2)CCN(c2c(F)cc4c(=O)c(C(=O)O)cn(C5CC5)c4c2Cl)CC3)C(=O)O1. The van der Waals surface area contributed by atoms with E-state index in [4.69, 9.17) is 16.3 Å². The van der Waals surface area contributed by atoms with E-state index in [9.17, 15) is 24.3 Å². The number of hydrogen-bond donors (Lipinski definition) is 2. The number of ether oxygens (including phenoxy) is 1. The van der Waals surface area contributed by atoms with Crippen molar-refractivity contribution < 1.29 is 28.6 Å². The highest BCUT2D eigenvalue weighted by Crippen LogP contribution is 2.42. The van der Waals surface area contributed by atoms with E-state index in [0.29, 0.717) is 43.7 Å². The van der Waals surface area contributed by atoms with Crippen LogP contribution in [0.2, 0.25) is 5.02 Å². The second kappa shape index (κ2) is 10.4. The van der Waals surface area contributed by atoms with Crippen molar-refractivity contribution in [2.75, 3.05) is 36.0 Å². The van der Waals surface area contributed by atoms with Gasteiger partial charge in [0.15, 0.2) is 0 Å². The largest absolute Gasteiger partial charge is 0.477 e. The lowest BCUT2D eigenvalue weighted by atomic mass is 10.0. The molecule has 2 N–H and O–H groups in total. The fraction of sp³-hybridized carbons (Fsp3) is 0.379. The lowest BCUT2D eigenvalue weighted by Gasteiger charge is -2.26. The van der Waals surface area contributed by atoms with Crippen molar-refractivity contribution in [3.63, 3.8) is 0 Å². The summed E-state index contributed by atoms with van der Waals surface area (Å²) in [6, 6.07) is 6.87. The van der Waals surface area contributed by atoms with Crippen LogP contribution in [0.25, 0.3) is 10.9 Å². The second-order valence-corrected chi connectivity index (χ2v) is 11.1. The molecular formula is C29H28ClFN4O6. The Kier molecular flexibility index (Phi) is 6.85. The molecule has 1 saturated carbocycles. The van der Waals surface area contributed by atoms with Crippen LogP contribution < -0.4 is 20.5 Å². The summed E-state index contributed by atoms with van der Waals surface area (Å²) in [6.07, 6.45) is 3.20. The Bertz CT molecular complexity index is 1670. The zero-order valence-corrected chi connectivity index (χ0v) is 23.0. The topological polar surface area (TPSA) is 121 Å². The van der Waals surface area contributed by atoms with Crippen LogP contribution in [0, 0.1) is 5.82 Å². The average Bonchev–Trinajstić information content (AvgIpc) is 3.73. The normalized spacial score (nSPS) is 18.7. The lowest BCUT2D eigenvalue weighted by molar-refractivity contribution is -0.119. The molecule has 2 aromatic carbocycles. The number of aromatic carboxylic acids is 1. The zero-order valence-electron chi connectivity index (χ0n) is 22.3. The van der Waals surface area contributed by atoms with Gasteiger partial charge in [-0.05, 0) is 55.0 Å².